The first kappa shape index (κ1) is 15.2. The summed E-state index contributed by atoms with van der Waals surface area (Å²) in [6, 6.07) is 9.87. The summed E-state index contributed by atoms with van der Waals surface area (Å²) < 4.78 is 0. The Hall–Kier alpha value is -2.16. The summed E-state index contributed by atoms with van der Waals surface area (Å²) in [5, 5.41) is 3.03. The lowest BCUT2D eigenvalue weighted by Crippen LogP contribution is -2.16. The lowest BCUT2D eigenvalue weighted by molar-refractivity contribution is 0.102. The molecule has 0 fully saturated rings. The zero-order valence-corrected chi connectivity index (χ0v) is 13.3. The maximum Gasteiger partial charge on any atom is 0.274 e. The number of pyridine rings is 1. The molecule has 0 bridgehead atoms. The van der Waals surface area contributed by atoms with Crippen LogP contribution in [0.25, 0.3) is 0 Å². The number of carbonyl (C=O) groups excluding carboxylic acids is 1. The average Bonchev–Trinajstić information content (AvgIpc) is 2.39. The number of benzene rings is 1. The number of nitrogens with one attached hydrogen (secondary N) is 1. The molecule has 2 rings (SSSR count). The highest BCUT2D eigenvalue weighted by Gasteiger charge is 2.14. The van der Waals surface area contributed by atoms with Gasteiger partial charge in [0.25, 0.3) is 5.91 Å². The summed E-state index contributed by atoms with van der Waals surface area (Å²) in [6.07, 6.45) is 0. The van der Waals surface area contributed by atoms with Crippen LogP contribution in [0.4, 0.5) is 5.69 Å². The molecule has 0 aliphatic rings. The zero-order chi connectivity index (χ0) is 15.6. The second-order valence-electron chi connectivity index (χ2n) is 5.82. The van der Waals surface area contributed by atoms with Gasteiger partial charge in [-0.3, -0.25) is 4.79 Å². The predicted molar refractivity (Wildman–Crippen MR) is 86.9 cm³/mol. The predicted octanol–water partition coefficient (Wildman–Crippen LogP) is 4.38. The third-order valence-corrected chi connectivity index (χ3v) is 3.50. The largest absolute Gasteiger partial charge is 0.320 e. The van der Waals surface area contributed by atoms with Crippen molar-refractivity contribution in [3.63, 3.8) is 0 Å². The molecule has 0 radical (unpaired) electrons. The molecule has 0 atom stereocenters. The van der Waals surface area contributed by atoms with Gasteiger partial charge in [-0.15, -0.1) is 0 Å². The van der Waals surface area contributed by atoms with E-state index >= 15 is 0 Å². The van der Waals surface area contributed by atoms with E-state index in [1.807, 2.05) is 45.0 Å². The van der Waals surface area contributed by atoms with Crippen molar-refractivity contribution < 1.29 is 4.79 Å². The first-order valence-electron chi connectivity index (χ1n) is 7.24. The molecule has 3 heteroatoms. The monoisotopic (exact) mass is 282 g/mol. The standard InChI is InChI=1S/C18H22N2O/c1-11(2)15-8-6-7-13(4)17(15)20-18(21)16-10-12(3)9-14(5)19-16/h6-11H,1-5H3,(H,20,21). The molecule has 1 N–H and O–H groups in total. The van der Waals surface area contributed by atoms with E-state index in [1.165, 1.54) is 0 Å². The quantitative estimate of drug-likeness (QED) is 0.907. The molecule has 0 saturated heterocycles. The Bertz CT molecular complexity index is 655. The van der Waals surface area contributed by atoms with Crippen LogP contribution in [-0.2, 0) is 0 Å². The molecule has 0 aliphatic heterocycles. The smallest absolute Gasteiger partial charge is 0.274 e. The van der Waals surface area contributed by atoms with E-state index in [2.05, 4.69) is 30.2 Å². The highest BCUT2D eigenvalue weighted by molar-refractivity contribution is 6.03. The molecule has 3 nitrogen and oxygen atoms in total. The molecule has 0 saturated carbocycles. The van der Waals surface area contributed by atoms with Gasteiger partial charge in [-0.1, -0.05) is 32.0 Å². The van der Waals surface area contributed by atoms with Crippen molar-refractivity contribution in [2.24, 2.45) is 0 Å². The molecule has 0 aliphatic carbocycles. The van der Waals surface area contributed by atoms with E-state index in [-0.39, 0.29) is 5.91 Å². The van der Waals surface area contributed by atoms with E-state index in [9.17, 15) is 4.79 Å². The van der Waals surface area contributed by atoms with Crippen molar-refractivity contribution in [2.75, 3.05) is 5.32 Å². The summed E-state index contributed by atoms with van der Waals surface area (Å²) in [5.74, 6) is 0.199. The fraction of sp³-hybridized carbons (Fsp3) is 0.333. The number of nitrogens with zero attached hydrogens (tertiary/aromatic N) is 1. The Labute approximate surface area is 126 Å². The number of para-hydroxylation sites is 1. The molecule has 0 spiro atoms. The summed E-state index contributed by atoms with van der Waals surface area (Å²) in [7, 11) is 0. The van der Waals surface area contributed by atoms with Crippen molar-refractivity contribution in [3.8, 4) is 0 Å². The van der Waals surface area contributed by atoms with E-state index in [0.29, 0.717) is 11.6 Å². The number of amides is 1. The Kier molecular flexibility index (Phi) is 4.41. The first-order valence-corrected chi connectivity index (χ1v) is 7.24. The van der Waals surface area contributed by atoms with Crippen LogP contribution in [0.1, 0.15) is 52.6 Å². The minimum Gasteiger partial charge on any atom is -0.320 e. The molecular weight excluding hydrogens is 260 g/mol. The van der Waals surface area contributed by atoms with Crippen molar-refractivity contribution in [1.82, 2.24) is 4.98 Å². The Morgan fingerprint density at radius 2 is 1.86 bits per heavy atom. The van der Waals surface area contributed by atoms with Gasteiger partial charge in [0.1, 0.15) is 5.69 Å². The maximum absolute atomic E-state index is 12.5. The maximum atomic E-state index is 12.5. The number of rotatable bonds is 3. The van der Waals surface area contributed by atoms with Crippen LogP contribution in [-0.4, -0.2) is 10.9 Å². The molecule has 1 amide bonds. The van der Waals surface area contributed by atoms with Gasteiger partial charge in [-0.25, -0.2) is 4.98 Å². The van der Waals surface area contributed by atoms with Gasteiger partial charge >= 0.3 is 0 Å². The summed E-state index contributed by atoms with van der Waals surface area (Å²) in [4.78, 5) is 16.8. The molecule has 2 aromatic rings. The number of anilines is 1. The summed E-state index contributed by atoms with van der Waals surface area (Å²) >= 11 is 0. The minimum atomic E-state index is -0.155. The Morgan fingerprint density at radius 3 is 2.48 bits per heavy atom. The normalized spacial score (nSPS) is 10.8. The molecular formula is C18H22N2O. The van der Waals surface area contributed by atoms with Gasteiger partial charge < -0.3 is 5.32 Å². The Balaban J connectivity index is 2.36. The molecule has 0 unspecified atom stereocenters. The lowest BCUT2D eigenvalue weighted by atomic mass is 9.98. The fourth-order valence-corrected chi connectivity index (χ4v) is 2.48. The fourth-order valence-electron chi connectivity index (χ4n) is 2.48. The highest BCUT2D eigenvalue weighted by Crippen LogP contribution is 2.27. The van der Waals surface area contributed by atoms with Gasteiger partial charge in [0.2, 0.25) is 0 Å². The van der Waals surface area contributed by atoms with Crippen LogP contribution in [0.3, 0.4) is 0 Å². The zero-order valence-electron chi connectivity index (χ0n) is 13.3. The molecule has 110 valence electrons. The van der Waals surface area contributed by atoms with Crippen molar-refractivity contribution in [2.45, 2.75) is 40.5 Å². The van der Waals surface area contributed by atoms with Crippen molar-refractivity contribution in [3.05, 3.63) is 58.4 Å². The number of hydrogen-bond acceptors (Lipinski definition) is 2. The highest BCUT2D eigenvalue weighted by atomic mass is 16.1. The molecule has 21 heavy (non-hydrogen) atoms. The topological polar surface area (TPSA) is 42.0 Å². The lowest BCUT2D eigenvalue weighted by Gasteiger charge is -2.16. The van der Waals surface area contributed by atoms with E-state index in [0.717, 1.165) is 28.1 Å². The summed E-state index contributed by atoms with van der Waals surface area (Å²) in [6.45, 7) is 10.1. The van der Waals surface area contributed by atoms with Crippen LogP contribution >= 0.6 is 0 Å². The third-order valence-electron chi connectivity index (χ3n) is 3.50. The van der Waals surface area contributed by atoms with Gasteiger partial charge in [0, 0.05) is 11.4 Å². The number of aryl methyl sites for hydroxylation is 3. The van der Waals surface area contributed by atoms with Crippen molar-refractivity contribution >= 4 is 11.6 Å². The second kappa shape index (κ2) is 6.08. The van der Waals surface area contributed by atoms with Crippen LogP contribution in [0.2, 0.25) is 0 Å². The molecule has 1 aromatic heterocycles. The minimum absolute atomic E-state index is 0.155. The van der Waals surface area contributed by atoms with Crippen LogP contribution in [0, 0.1) is 20.8 Å². The van der Waals surface area contributed by atoms with Gasteiger partial charge in [0.05, 0.1) is 0 Å². The Morgan fingerprint density at radius 1 is 1.14 bits per heavy atom. The van der Waals surface area contributed by atoms with E-state index in [4.69, 9.17) is 0 Å². The first-order chi connectivity index (χ1) is 9.88. The number of aromatic nitrogens is 1. The molecule has 1 heterocycles. The van der Waals surface area contributed by atoms with Crippen molar-refractivity contribution in [1.29, 1.82) is 0 Å². The summed E-state index contributed by atoms with van der Waals surface area (Å²) in [5.41, 5.74) is 5.48. The van der Waals surface area contributed by atoms with Crippen LogP contribution in [0.15, 0.2) is 30.3 Å². The van der Waals surface area contributed by atoms with Gasteiger partial charge in [-0.2, -0.15) is 0 Å². The second-order valence-corrected chi connectivity index (χ2v) is 5.82. The third kappa shape index (κ3) is 3.48. The van der Waals surface area contributed by atoms with Crippen LogP contribution in [0.5, 0.6) is 0 Å². The van der Waals surface area contributed by atoms with Crippen LogP contribution < -0.4 is 5.32 Å². The SMILES string of the molecule is Cc1cc(C)nc(C(=O)Nc2c(C)cccc2C(C)C)c1. The van der Waals surface area contributed by atoms with Gasteiger partial charge in [-0.05, 0) is 55.5 Å². The van der Waals surface area contributed by atoms with Gasteiger partial charge in [0.15, 0.2) is 0 Å². The van der Waals surface area contributed by atoms with E-state index < -0.39 is 0 Å². The van der Waals surface area contributed by atoms with E-state index in [1.54, 1.807) is 0 Å². The molecule has 1 aromatic carbocycles. The number of carbonyl (C=O) groups is 1. The number of hydrogen-bond donors (Lipinski definition) is 1. The average molecular weight is 282 g/mol.